The molecule has 0 unspecified atom stereocenters. The minimum atomic E-state index is -0.546. The molecule has 0 atom stereocenters. The van der Waals surface area contributed by atoms with Gasteiger partial charge in [-0.3, -0.25) is 0 Å². The number of allylic oxidation sites excluding steroid dienone is 1. The van der Waals surface area contributed by atoms with Crippen LogP contribution in [0.15, 0.2) is 34.4 Å². The molecule has 0 radical (unpaired) electrons. The van der Waals surface area contributed by atoms with Crippen molar-refractivity contribution in [2.24, 2.45) is 0 Å². The molecule has 0 aromatic heterocycles. The second-order valence-corrected chi connectivity index (χ2v) is 8.17. The maximum atomic E-state index is 12.5. The molecule has 1 aliphatic heterocycles. The first-order chi connectivity index (χ1) is 13.1. The van der Waals surface area contributed by atoms with E-state index in [1.165, 1.54) is 5.57 Å². The van der Waals surface area contributed by atoms with E-state index in [9.17, 15) is 9.59 Å². The number of hydrogen-bond donors (Lipinski definition) is 0. The van der Waals surface area contributed by atoms with E-state index < -0.39 is 11.9 Å². The number of nitrogens with zero attached hydrogens (tertiary/aromatic N) is 1. The van der Waals surface area contributed by atoms with Crippen LogP contribution >= 0.6 is 11.6 Å². The van der Waals surface area contributed by atoms with Crippen molar-refractivity contribution in [2.45, 2.75) is 27.7 Å². The molecule has 29 heavy (non-hydrogen) atoms. The Morgan fingerprint density at radius 1 is 1.00 bits per heavy atom. The summed E-state index contributed by atoms with van der Waals surface area (Å²) < 4.78 is 11.0. The van der Waals surface area contributed by atoms with E-state index in [1.54, 1.807) is 26.0 Å². The van der Waals surface area contributed by atoms with Gasteiger partial charge in [0.2, 0.25) is 0 Å². The number of carbonyl (C=O) groups is 2. The number of halogens is 2. The molecule has 7 heteroatoms. The Kier molecular flexibility index (Phi) is 8.94. The van der Waals surface area contributed by atoms with E-state index in [-0.39, 0.29) is 36.7 Å². The molecule has 0 bridgehead atoms. The van der Waals surface area contributed by atoms with Gasteiger partial charge in [-0.05, 0) is 45.4 Å². The third kappa shape index (κ3) is 5.84. The van der Waals surface area contributed by atoms with E-state index in [1.807, 2.05) is 6.07 Å². The maximum absolute atomic E-state index is 12.5. The van der Waals surface area contributed by atoms with Crippen molar-refractivity contribution in [3.05, 3.63) is 51.1 Å². The minimum Gasteiger partial charge on any atom is -1.00 e. The zero-order chi connectivity index (χ0) is 21.1. The summed E-state index contributed by atoms with van der Waals surface area (Å²) in [5.41, 5.74) is 4.46. The zero-order valence-electron chi connectivity index (χ0n) is 17.9. The molecule has 0 N–H and O–H groups in total. The lowest BCUT2D eigenvalue weighted by Crippen LogP contribution is -3.00. The van der Waals surface area contributed by atoms with Gasteiger partial charge in [-0.1, -0.05) is 23.2 Å². The standard InChI is InChI=1S/C22H29ClNO4.ClH/c1-7-27-21(25)16-10-9-15(11-17(16)22(26)28-8-2)20-18(14(3)4)12-24(5,6)13-19(20)23;/h9-11H,7-8,12-13H2,1-6H3;1H/q+1;/p-1. The van der Waals surface area contributed by atoms with E-state index in [2.05, 4.69) is 27.9 Å². The summed E-state index contributed by atoms with van der Waals surface area (Å²) in [5.74, 6) is -1.09. The largest absolute Gasteiger partial charge is 1.00 e. The normalized spacial score (nSPS) is 15.5. The first kappa shape index (κ1) is 25.2. The number of rotatable bonds is 5. The Labute approximate surface area is 184 Å². The van der Waals surface area contributed by atoms with Gasteiger partial charge in [-0.2, -0.15) is 0 Å². The molecular formula is C22H29Cl2NO4. The molecule has 0 spiro atoms. The van der Waals surface area contributed by atoms with Gasteiger partial charge in [0.25, 0.3) is 0 Å². The van der Waals surface area contributed by atoms with Crippen LogP contribution in [0.1, 0.15) is 54.0 Å². The lowest BCUT2D eigenvalue weighted by molar-refractivity contribution is -0.881. The fourth-order valence-electron chi connectivity index (χ4n) is 3.38. The van der Waals surface area contributed by atoms with Crippen LogP contribution < -0.4 is 12.4 Å². The predicted octanol–water partition coefficient (Wildman–Crippen LogP) is 1.42. The summed E-state index contributed by atoms with van der Waals surface area (Å²) in [6.45, 7) is 9.56. The van der Waals surface area contributed by atoms with Gasteiger partial charge >= 0.3 is 11.9 Å². The van der Waals surface area contributed by atoms with Gasteiger partial charge in [0.05, 0.1) is 43.5 Å². The monoisotopic (exact) mass is 441 g/mol. The SMILES string of the molecule is CCOC(=O)c1ccc(C2=C(Cl)C[N+](C)(C)CC2=C(C)C)cc1C(=O)OCC.[Cl-]. The molecule has 0 saturated heterocycles. The highest BCUT2D eigenvalue weighted by atomic mass is 35.5. The van der Waals surface area contributed by atoms with Gasteiger partial charge in [0, 0.05) is 11.1 Å². The van der Waals surface area contributed by atoms with Gasteiger partial charge in [0.1, 0.15) is 13.1 Å². The average molecular weight is 442 g/mol. The first-order valence-corrected chi connectivity index (χ1v) is 9.85. The molecule has 0 saturated carbocycles. The Morgan fingerprint density at radius 2 is 1.55 bits per heavy atom. The third-order valence-corrected chi connectivity index (χ3v) is 4.94. The summed E-state index contributed by atoms with van der Waals surface area (Å²) in [7, 11) is 4.27. The highest BCUT2D eigenvalue weighted by molar-refractivity contribution is 6.34. The molecule has 0 fully saturated rings. The Morgan fingerprint density at radius 3 is 2.07 bits per heavy atom. The number of quaternary nitrogens is 1. The Balaban J connectivity index is 0.00000420. The molecule has 5 nitrogen and oxygen atoms in total. The summed E-state index contributed by atoms with van der Waals surface area (Å²) in [4.78, 5) is 24.8. The van der Waals surface area contributed by atoms with Crippen molar-refractivity contribution in [3.8, 4) is 0 Å². The summed E-state index contributed by atoms with van der Waals surface area (Å²) in [5, 5.41) is 0.742. The number of hydrogen-bond acceptors (Lipinski definition) is 4. The van der Waals surface area contributed by atoms with Gasteiger partial charge < -0.3 is 26.4 Å². The number of carbonyl (C=O) groups excluding carboxylic acids is 2. The molecule has 160 valence electrons. The van der Waals surface area contributed by atoms with Crippen LogP contribution in [-0.4, -0.2) is 56.8 Å². The van der Waals surface area contributed by atoms with E-state index in [4.69, 9.17) is 21.1 Å². The van der Waals surface area contributed by atoms with E-state index in [0.29, 0.717) is 6.54 Å². The molecule has 2 rings (SSSR count). The molecule has 1 heterocycles. The van der Waals surface area contributed by atoms with Crippen LogP contribution in [0.5, 0.6) is 0 Å². The zero-order valence-corrected chi connectivity index (χ0v) is 19.4. The van der Waals surface area contributed by atoms with Gasteiger partial charge in [-0.25, -0.2) is 9.59 Å². The van der Waals surface area contributed by atoms with Crippen LogP contribution in [0.4, 0.5) is 0 Å². The highest BCUT2D eigenvalue weighted by Gasteiger charge is 2.32. The number of ether oxygens (including phenoxy) is 2. The third-order valence-electron chi connectivity index (χ3n) is 4.63. The van der Waals surface area contributed by atoms with Crippen LogP contribution in [0, 0.1) is 0 Å². The fourth-order valence-corrected chi connectivity index (χ4v) is 3.93. The average Bonchev–Trinajstić information content (AvgIpc) is 2.60. The van der Waals surface area contributed by atoms with Gasteiger partial charge in [0.15, 0.2) is 0 Å². The van der Waals surface area contributed by atoms with Crippen molar-refractivity contribution in [1.29, 1.82) is 0 Å². The van der Waals surface area contributed by atoms with Crippen LogP contribution in [0.2, 0.25) is 0 Å². The number of likely N-dealkylation sites (N-methyl/N-ethyl adjacent to an activating group) is 1. The van der Waals surface area contributed by atoms with E-state index >= 15 is 0 Å². The topological polar surface area (TPSA) is 52.6 Å². The fraction of sp³-hybridized carbons (Fsp3) is 0.455. The highest BCUT2D eigenvalue weighted by Crippen LogP contribution is 2.37. The number of benzene rings is 1. The second kappa shape index (κ2) is 10.3. The molecule has 0 aliphatic carbocycles. The van der Waals surface area contributed by atoms with Crippen LogP contribution in [0.3, 0.4) is 0 Å². The molecule has 1 aromatic rings. The van der Waals surface area contributed by atoms with Crippen molar-refractivity contribution < 1.29 is 36.0 Å². The summed E-state index contributed by atoms with van der Waals surface area (Å²) in [6.07, 6.45) is 0. The quantitative estimate of drug-likeness (QED) is 0.512. The van der Waals surface area contributed by atoms with Crippen molar-refractivity contribution in [1.82, 2.24) is 0 Å². The molecule has 1 aromatic carbocycles. The predicted molar refractivity (Wildman–Crippen MR) is 111 cm³/mol. The maximum Gasteiger partial charge on any atom is 0.339 e. The summed E-state index contributed by atoms with van der Waals surface area (Å²) >= 11 is 6.71. The van der Waals surface area contributed by atoms with Crippen LogP contribution in [-0.2, 0) is 9.47 Å². The number of esters is 2. The smallest absolute Gasteiger partial charge is 0.339 e. The van der Waals surface area contributed by atoms with Crippen molar-refractivity contribution >= 4 is 29.1 Å². The van der Waals surface area contributed by atoms with Crippen molar-refractivity contribution in [3.63, 3.8) is 0 Å². The van der Waals surface area contributed by atoms with E-state index in [0.717, 1.165) is 32.8 Å². The van der Waals surface area contributed by atoms with Crippen LogP contribution in [0.25, 0.3) is 5.57 Å². The van der Waals surface area contributed by atoms with Crippen molar-refractivity contribution in [2.75, 3.05) is 40.4 Å². The molecule has 0 amide bonds. The second-order valence-electron chi connectivity index (χ2n) is 7.71. The molecular weight excluding hydrogens is 413 g/mol. The summed E-state index contributed by atoms with van der Waals surface area (Å²) in [6, 6.07) is 5.13. The van der Waals surface area contributed by atoms with Gasteiger partial charge in [-0.15, -0.1) is 0 Å². The lowest BCUT2D eigenvalue weighted by atomic mass is 9.89. The molecule has 1 aliphatic rings. The lowest BCUT2D eigenvalue weighted by Gasteiger charge is -2.37. The Bertz CT molecular complexity index is 852. The Hall–Kier alpha value is -1.82. The first-order valence-electron chi connectivity index (χ1n) is 9.47. The minimum absolute atomic E-state index is 0.